The summed E-state index contributed by atoms with van der Waals surface area (Å²) in [6.45, 7) is 9.57. The van der Waals surface area contributed by atoms with Gasteiger partial charge in [-0.2, -0.15) is 0 Å². The Hall–Kier alpha value is -0.490. The normalized spacial score (nSPS) is 27.5. The smallest absolute Gasteiger partial charge is 0.0588 e. The molecule has 3 rings (SSSR count). The number of benzene rings is 1. The maximum Gasteiger partial charge on any atom is 0.0588 e. The van der Waals surface area contributed by atoms with Crippen LogP contribution >= 0.6 is 11.6 Å². The van der Waals surface area contributed by atoms with Gasteiger partial charge in [0, 0.05) is 0 Å². The number of hydrogen-bond acceptors (Lipinski definition) is 0. The van der Waals surface area contributed by atoms with Crippen LogP contribution in [-0.2, 0) is 17.3 Å². The molecular weight excluding hydrogens is 252 g/mol. The largest absolute Gasteiger partial charge is 0.118 e. The number of hydrogen-bond donors (Lipinski definition) is 0. The molecule has 1 aromatic rings. The lowest BCUT2D eigenvalue weighted by atomic mass is 9.62. The molecule has 104 valence electrons. The van der Waals surface area contributed by atoms with Gasteiger partial charge in [0.15, 0.2) is 0 Å². The molecule has 1 atom stereocenters. The van der Waals surface area contributed by atoms with Crippen LogP contribution in [0.15, 0.2) is 12.1 Å². The summed E-state index contributed by atoms with van der Waals surface area (Å²) in [6, 6.07) is 4.93. The molecule has 0 bridgehead atoms. The van der Waals surface area contributed by atoms with Gasteiger partial charge in [0.25, 0.3) is 0 Å². The number of fused-ring (bicyclic) bond motifs is 2. The molecule has 19 heavy (non-hydrogen) atoms. The van der Waals surface area contributed by atoms with Crippen molar-refractivity contribution in [3.8, 4) is 0 Å². The standard InChI is InChI=1S/C18H25Cl/c1-17(2)8-9-18(3,4)15-11-13-12(10-14(15)17)6-5-7-16(13)19/h10-11,16H,5-9H2,1-4H3. The minimum Gasteiger partial charge on any atom is -0.118 e. The summed E-state index contributed by atoms with van der Waals surface area (Å²) in [7, 11) is 0. The molecule has 0 N–H and O–H groups in total. The van der Waals surface area contributed by atoms with Gasteiger partial charge >= 0.3 is 0 Å². The highest BCUT2D eigenvalue weighted by Gasteiger charge is 2.38. The van der Waals surface area contributed by atoms with Gasteiger partial charge in [-0.05, 0) is 65.2 Å². The van der Waals surface area contributed by atoms with Gasteiger partial charge in [0.1, 0.15) is 0 Å². The molecule has 0 nitrogen and oxygen atoms in total. The highest BCUT2D eigenvalue weighted by Crippen LogP contribution is 2.48. The monoisotopic (exact) mass is 276 g/mol. The molecule has 1 heteroatoms. The zero-order valence-corrected chi connectivity index (χ0v) is 13.4. The Morgan fingerprint density at radius 1 is 1.00 bits per heavy atom. The highest BCUT2D eigenvalue weighted by atomic mass is 35.5. The van der Waals surface area contributed by atoms with Crippen LogP contribution in [0.25, 0.3) is 0 Å². The maximum absolute atomic E-state index is 6.55. The molecule has 1 unspecified atom stereocenters. The Balaban J connectivity index is 2.22. The van der Waals surface area contributed by atoms with Crippen LogP contribution in [0, 0.1) is 0 Å². The molecule has 0 amide bonds. The van der Waals surface area contributed by atoms with Gasteiger partial charge in [-0.3, -0.25) is 0 Å². The Bertz CT molecular complexity index is 511. The van der Waals surface area contributed by atoms with E-state index < -0.39 is 0 Å². The zero-order chi connectivity index (χ0) is 13.8. The first-order valence-corrected chi connectivity index (χ1v) is 8.07. The SMILES string of the molecule is CC1(C)CCC(C)(C)c2cc3c(cc21)CCCC3Cl. The lowest BCUT2D eigenvalue weighted by molar-refractivity contribution is 0.331. The Morgan fingerprint density at radius 3 is 2.21 bits per heavy atom. The summed E-state index contributed by atoms with van der Waals surface area (Å²) in [6.07, 6.45) is 6.15. The minimum atomic E-state index is 0.231. The van der Waals surface area contributed by atoms with Crippen molar-refractivity contribution >= 4 is 11.6 Å². The second-order valence-electron chi connectivity index (χ2n) is 7.72. The highest BCUT2D eigenvalue weighted by molar-refractivity contribution is 6.21. The van der Waals surface area contributed by atoms with Gasteiger partial charge in [0.2, 0.25) is 0 Å². The van der Waals surface area contributed by atoms with E-state index in [2.05, 4.69) is 39.8 Å². The van der Waals surface area contributed by atoms with Crippen LogP contribution in [0.1, 0.15) is 81.0 Å². The maximum atomic E-state index is 6.55. The molecule has 0 aromatic heterocycles. The van der Waals surface area contributed by atoms with E-state index >= 15 is 0 Å². The molecule has 0 saturated heterocycles. The summed E-state index contributed by atoms with van der Waals surface area (Å²) in [4.78, 5) is 0. The van der Waals surface area contributed by atoms with E-state index in [1.54, 1.807) is 11.1 Å². The third-order valence-corrected chi connectivity index (χ3v) is 5.81. The number of halogens is 1. The second-order valence-corrected chi connectivity index (χ2v) is 8.25. The Kier molecular flexibility index (Phi) is 3.02. The first kappa shape index (κ1) is 13.5. The van der Waals surface area contributed by atoms with Crippen LogP contribution in [0.5, 0.6) is 0 Å². The van der Waals surface area contributed by atoms with Gasteiger partial charge in [-0.25, -0.2) is 0 Å². The molecule has 0 spiro atoms. The number of alkyl halides is 1. The minimum absolute atomic E-state index is 0.231. The van der Waals surface area contributed by atoms with Crippen LogP contribution in [0.4, 0.5) is 0 Å². The third kappa shape index (κ3) is 2.13. The summed E-state index contributed by atoms with van der Waals surface area (Å²) >= 11 is 6.55. The van der Waals surface area contributed by atoms with Gasteiger partial charge in [-0.15, -0.1) is 11.6 Å². The lowest BCUT2D eigenvalue weighted by Crippen LogP contribution is -2.34. The van der Waals surface area contributed by atoms with Crippen LogP contribution in [0.2, 0.25) is 0 Å². The van der Waals surface area contributed by atoms with Crippen molar-refractivity contribution in [1.29, 1.82) is 0 Å². The fourth-order valence-corrected chi connectivity index (χ4v) is 4.17. The summed E-state index contributed by atoms with van der Waals surface area (Å²) < 4.78 is 0. The molecule has 0 aliphatic heterocycles. The van der Waals surface area contributed by atoms with Crippen molar-refractivity contribution < 1.29 is 0 Å². The van der Waals surface area contributed by atoms with Crippen molar-refractivity contribution in [3.63, 3.8) is 0 Å². The van der Waals surface area contributed by atoms with Crippen molar-refractivity contribution in [2.45, 2.75) is 76.0 Å². The zero-order valence-electron chi connectivity index (χ0n) is 12.6. The van der Waals surface area contributed by atoms with Gasteiger partial charge in [-0.1, -0.05) is 39.8 Å². The number of rotatable bonds is 0. The molecule has 0 radical (unpaired) electrons. The molecule has 2 aliphatic carbocycles. The third-order valence-electron chi connectivity index (χ3n) is 5.35. The summed E-state index contributed by atoms with van der Waals surface area (Å²) in [5.74, 6) is 0. The van der Waals surface area contributed by atoms with Gasteiger partial charge < -0.3 is 0 Å². The first-order valence-electron chi connectivity index (χ1n) is 7.63. The van der Waals surface area contributed by atoms with Crippen LogP contribution in [0.3, 0.4) is 0 Å². The summed E-state index contributed by atoms with van der Waals surface area (Å²) in [5, 5.41) is 0.231. The topological polar surface area (TPSA) is 0 Å². The second kappa shape index (κ2) is 4.25. The van der Waals surface area contributed by atoms with Crippen molar-refractivity contribution in [1.82, 2.24) is 0 Å². The molecule has 0 fully saturated rings. The van der Waals surface area contributed by atoms with E-state index in [1.165, 1.54) is 36.8 Å². The first-order chi connectivity index (χ1) is 8.81. The lowest BCUT2D eigenvalue weighted by Gasteiger charge is -2.43. The van der Waals surface area contributed by atoms with E-state index in [-0.39, 0.29) is 5.38 Å². The van der Waals surface area contributed by atoms with E-state index in [1.807, 2.05) is 0 Å². The van der Waals surface area contributed by atoms with E-state index in [4.69, 9.17) is 11.6 Å². The van der Waals surface area contributed by atoms with E-state index in [0.717, 1.165) is 6.42 Å². The molecule has 0 heterocycles. The quantitative estimate of drug-likeness (QED) is 0.537. The Morgan fingerprint density at radius 2 is 1.58 bits per heavy atom. The van der Waals surface area contributed by atoms with Crippen molar-refractivity contribution in [3.05, 3.63) is 34.4 Å². The average Bonchev–Trinajstić information content (AvgIpc) is 2.35. The predicted molar refractivity (Wildman–Crippen MR) is 83.3 cm³/mol. The average molecular weight is 277 g/mol. The predicted octanol–water partition coefficient (Wildman–Crippen LogP) is 5.65. The Labute approximate surface area is 122 Å². The van der Waals surface area contributed by atoms with E-state index in [0.29, 0.717) is 10.8 Å². The van der Waals surface area contributed by atoms with E-state index in [9.17, 15) is 0 Å². The molecule has 1 aromatic carbocycles. The van der Waals surface area contributed by atoms with Crippen LogP contribution < -0.4 is 0 Å². The van der Waals surface area contributed by atoms with Gasteiger partial charge in [0.05, 0.1) is 5.38 Å². The molecule has 0 saturated carbocycles. The van der Waals surface area contributed by atoms with Crippen molar-refractivity contribution in [2.75, 3.05) is 0 Å². The van der Waals surface area contributed by atoms with Crippen molar-refractivity contribution in [2.24, 2.45) is 0 Å². The fraction of sp³-hybridized carbons (Fsp3) is 0.667. The summed E-state index contributed by atoms with van der Waals surface area (Å²) in [5.41, 5.74) is 6.67. The molecular formula is C18H25Cl. The van der Waals surface area contributed by atoms with Crippen LogP contribution in [-0.4, -0.2) is 0 Å². The number of aryl methyl sites for hydroxylation is 1. The molecule has 2 aliphatic rings. The fourth-order valence-electron chi connectivity index (χ4n) is 3.81.